The summed E-state index contributed by atoms with van der Waals surface area (Å²) in [4.78, 5) is 27.1. The molecule has 1 unspecified atom stereocenters. The molecule has 0 aliphatic heterocycles. The molecule has 7 heteroatoms. The van der Waals surface area contributed by atoms with Crippen molar-refractivity contribution in [3.8, 4) is 0 Å². The number of carbonyl (C=O) groups is 2. The van der Waals surface area contributed by atoms with Gasteiger partial charge < -0.3 is 10.4 Å². The Morgan fingerprint density at radius 1 is 1.42 bits per heavy atom. The molecule has 0 bridgehead atoms. The zero-order valence-corrected chi connectivity index (χ0v) is 10.6. The van der Waals surface area contributed by atoms with Gasteiger partial charge in [-0.05, 0) is 17.7 Å². The number of nitrogens with zero attached hydrogens (tertiary/aromatic N) is 1. The summed E-state index contributed by atoms with van der Waals surface area (Å²) >= 11 is 0. The molecule has 0 saturated carbocycles. The van der Waals surface area contributed by atoms with Crippen molar-refractivity contribution in [2.75, 3.05) is 14.2 Å². The van der Waals surface area contributed by atoms with Crippen molar-refractivity contribution in [2.24, 2.45) is 0 Å². The van der Waals surface area contributed by atoms with Gasteiger partial charge in [0.1, 0.15) is 5.82 Å². The Labute approximate surface area is 109 Å². The van der Waals surface area contributed by atoms with Crippen molar-refractivity contribution in [2.45, 2.75) is 12.5 Å². The minimum atomic E-state index is -1.07. The number of benzene rings is 1. The van der Waals surface area contributed by atoms with Gasteiger partial charge in [0.25, 0.3) is 0 Å². The molecule has 0 aromatic heterocycles. The molecule has 0 aliphatic carbocycles. The van der Waals surface area contributed by atoms with Gasteiger partial charge in [-0.1, -0.05) is 12.1 Å². The van der Waals surface area contributed by atoms with E-state index in [2.05, 4.69) is 10.2 Å². The normalized spacial score (nSPS) is 11.7. The lowest BCUT2D eigenvalue weighted by Crippen LogP contribution is -2.39. The molecule has 0 radical (unpaired) electrons. The molecule has 1 atom stereocenters. The first-order valence-electron chi connectivity index (χ1n) is 5.49. The molecule has 1 aromatic carbocycles. The highest BCUT2D eigenvalue weighted by Gasteiger charge is 2.20. The molecule has 6 nitrogen and oxygen atoms in total. The van der Waals surface area contributed by atoms with Crippen LogP contribution in [0.3, 0.4) is 0 Å². The van der Waals surface area contributed by atoms with Crippen LogP contribution < -0.4 is 5.32 Å². The van der Waals surface area contributed by atoms with E-state index in [0.29, 0.717) is 5.56 Å². The zero-order valence-electron chi connectivity index (χ0n) is 10.6. The van der Waals surface area contributed by atoms with Crippen LogP contribution in [0.15, 0.2) is 24.3 Å². The number of rotatable bonds is 5. The highest BCUT2D eigenvalue weighted by molar-refractivity contribution is 5.75. The average molecular weight is 270 g/mol. The number of hydroxylamine groups is 2. The van der Waals surface area contributed by atoms with E-state index in [1.54, 1.807) is 0 Å². The fourth-order valence-electron chi connectivity index (χ4n) is 1.44. The van der Waals surface area contributed by atoms with E-state index >= 15 is 0 Å². The van der Waals surface area contributed by atoms with E-state index in [4.69, 9.17) is 5.11 Å². The first-order chi connectivity index (χ1) is 8.93. The summed E-state index contributed by atoms with van der Waals surface area (Å²) in [6.45, 7) is 0. The number of urea groups is 1. The first-order valence-corrected chi connectivity index (χ1v) is 5.49. The van der Waals surface area contributed by atoms with Crippen LogP contribution in [0.25, 0.3) is 0 Å². The van der Waals surface area contributed by atoms with Gasteiger partial charge in [0.2, 0.25) is 0 Å². The van der Waals surface area contributed by atoms with E-state index in [-0.39, 0.29) is 6.42 Å². The number of hydrogen-bond donors (Lipinski definition) is 2. The molecule has 2 amide bonds. The molecule has 0 aliphatic rings. The van der Waals surface area contributed by atoms with Crippen molar-refractivity contribution in [1.82, 2.24) is 10.4 Å². The van der Waals surface area contributed by atoms with Crippen LogP contribution in [0, 0.1) is 5.82 Å². The number of hydrogen-bond acceptors (Lipinski definition) is 3. The molecule has 1 aromatic rings. The standard InChI is InChI=1S/C12H15FN2O4/c1-15(19-2)12(18)14-10(7-11(16)17)8-3-5-9(13)6-4-8/h3-6,10H,7H2,1-2H3,(H,14,18)(H,16,17). The fraction of sp³-hybridized carbons (Fsp3) is 0.333. The first kappa shape index (κ1) is 14.9. The summed E-state index contributed by atoms with van der Waals surface area (Å²) in [5, 5.41) is 12.3. The summed E-state index contributed by atoms with van der Waals surface area (Å²) in [6, 6.07) is 3.92. The van der Waals surface area contributed by atoms with Gasteiger partial charge in [-0.2, -0.15) is 0 Å². The number of aliphatic carboxylic acids is 1. The second-order valence-corrected chi connectivity index (χ2v) is 3.83. The predicted octanol–water partition coefficient (Wildman–Crippen LogP) is 1.54. The lowest BCUT2D eigenvalue weighted by molar-refractivity contribution is -0.137. The third-order valence-corrected chi connectivity index (χ3v) is 2.51. The molecular weight excluding hydrogens is 255 g/mol. The van der Waals surface area contributed by atoms with Crippen molar-refractivity contribution in [3.05, 3.63) is 35.6 Å². The van der Waals surface area contributed by atoms with E-state index < -0.39 is 23.9 Å². The van der Waals surface area contributed by atoms with Gasteiger partial charge in [0.05, 0.1) is 19.6 Å². The van der Waals surface area contributed by atoms with E-state index in [1.165, 1.54) is 38.4 Å². The molecular formula is C12H15FN2O4. The van der Waals surface area contributed by atoms with Crippen molar-refractivity contribution in [3.63, 3.8) is 0 Å². The number of halogens is 1. The number of carboxylic acids is 1. The minimum Gasteiger partial charge on any atom is -0.481 e. The Morgan fingerprint density at radius 2 is 2.00 bits per heavy atom. The SMILES string of the molecule is CON(C)C(=O)NC(CC(=O)O)c1ccc(F)cc1. The highest BCUT2D eigenvalue weighted by Crippen LogP contribution is 2.17. The third kappa shape index (κ3) is 4.55. The van der Waals surface area contributed by atoms with E-state index in [9.17, 15) is 14.0 Å². The maximum Gasteiger partial charge on any atom is 0.341 e. The molecule has 0 saturated heterocycles. The summed E-state index contributed by atoms with van der Waals surface area (Å²) in [7, 11) is 2.70. The molecule has 2 N–H and O–H groups in total. The summed E-state index contributed by atoms with van der Waals surface area (Å²) < 4.78 is 12.8. The average Bonchev–Trinajstić information content (AvgIpc) is 2.37. The molecule has 0 fully saturated rings. The quantitative estimate of drug-likeness (QED) is 0.795. The minimum absolute atomic E-state index is 0.311. The highest BCUT2D eigenvalue weighted by atomic mass is 19.1. The zero-order chi connectivity index (χ0) is 14.4. The fourth-order valence-corrected chi connectivity index (χ4v) is 1.44. The van der Waals surface area contributed by atoms with Crippen LogP contribution in [0.5, 0.6) is 0 Å². The van der Waals surface area contributed by atoms with Crippen molar-refractivity contribution in [1.29, 1.82) is 0 Å². The van der Waals surface area contributed by atoms with E-state index in [0.717, 1.165) is 5.06 Å². The summed E-state index contributed by atoms with van der Waals surface area (Å²) in [6.07, 6.45) is -0.311. The second-order valence-electron chi connectivity index (χ2n) is 3.83. The van der Waals surface area contributed by atoms with Gasteiger partial charge in [-0.3, -0.25) is 9.63 Å². The van der Waals surface area contributed by atoms with Crippen LogP contribution in [0.4, 0.5) is 9.18 Å². The number of nitrogens with one attached hydrogen (secondary N) is 1. The Balaban J connectivity index is 2.85. The number of carbonyl (C=O) groups excluding carboxylic acids is 1. The van der Waals surface area contributed by atoms with Crippen LogP contribution in [0.1, 0.15) is 18.0 Å². The largest absolute Gasteiger partial charge is 0.481 e. The van der Waals surface area contributed by atoms with Gasteiger partial charge in [-0.25, -0.2) is 14.2 Å². The van der Waals surface area contributed by atoms with E-state index in [1.807, 2.05) is 0 Å². The van der Waals surface area contributed by atoms with Crippen LogP contribution in [-0.2, 0) is 9.63 Å². The van der Waals surface area contributed by atoms with Gasteiger partial charge in [0, 0.05) is 7.05 Å². The number of amides is 2. The Kier molecular flexibility index (Phi) is 5.25. The van der Waals surface area contributed by atoms with Gasteiger partial charge >= 0.3 is 12.0 Å². The monoisotopic (exact) mass is 270 g/mol. The maximum atomic E-state index is 12.8. The predicted molar refractivity (Wildman–Crippen MR) is 64.7 cm³/mol. The topological polar surface area (TPSA) is 78.9 Å². The van der Waals surface area contributed by atoms with Crippen molar-refractivity contribution >= 4 is 12.0 Å². The Hall–Kier alpha value is -2.15. The molecule has 1 rings (SSSR count). The van der Waals surface area contributed by atoms with Gasteiger partial charge in [0.15, 0.2) is 0 Å². The Morgan fingerprint density at radius 3 is 2.47 bits per heavy atom. The second kappa shape index (κ2) is 6.69. The Bertz CT molecular complexity index is 450. The van der Waals surface area contributed by atoms with Crippen LogP contribution in [0.2, 0.25) is 0 Å². The maximum absolute atomic E-state index is 12.8. The molecule has 0 spiro atoms. The smallest absolute Gasteiger partial charge is 0.341 e. The lowest BCUT2D eigenvalue weighted by atomic mass is 10.0. The third-order valence-electron chi connectivity index (χ3n) is 2.51. The van der Waals surface area contributed by atoms with Crippen molar-refractivity contribution < 1.29 is 23.9 Å². The van der Waals surface area contributed by atoms with Gasteiger partial charge in [-0.15, -0.1) is 0 Å². The molecule has 19 heavy (non-hydrogen) atoms. The van der Waals surface area contributed by atoms with Crippen LogP contribution >= 0.6 is 0 Å². The summed E-state index contributed by atoms with van der Waals surface area (Å²) in [5.74, 6) is -1.51. The number of carboxylic acid groups (broad SMARTS) is 1. The van der Waals surface area contributed by atoms with Crippen LogP contribution in [-0.4, -0.2) is 36.3 Å². The molecule has 104 valence electrons. The summed E-state index contributed by atoms with van der Waals surface area (Å²) in [5.41, 5.74) is 0.502. The molecule has 0 heterocycles. The lowest BCUT2D eigenvalue weighted by Gasteiger charge is -2.21.